The van der Waals surface area contributed by atoms with Crippen molar-refractivity contribution in [2.45, 2.75) is 31.8 Å². The minimum absolute atomic E-state index is 0.249. The molecule has 0 spiro atoms. The monoisotopic (exact) mass is 393 g/mol. The van der Waals surface area contributed by atoms with E-state index in [1.54, 1.807) is 12.1 Å². The van der Waals surface area contributed by atoms with Crippen molar-refractivity contribution in [1.82, 2.24) is 25.6 Å². The summed E-state index contributed by atoms with van der Waals surface area (Å²) in [6.07, 6.45) is 1.92. The predicted octanol–water partition coefficient (Wildman–Crippen LogP) is 3.17. The number of amides is 1. The zero-order valence-corrected chi connectivity index (χ0v) is 16.3. The zero-order chi connectivity index (χ0) is 20.2. The van der Waals surface area contributed by atoms with Gasteiger partial charge in [0.15, 0.2) is 5.69 Å². The zero-order valence-electron chi connectivity index (χ0n) is 16.3. The van der Waals surface area contributed by atoms with Crippen LogP contribution < -0.4 is 10.6 Å². The molecule has 1 unspecified atom stereocenters. The van der Waals surface area contributed by atoms with E-state index in [1.165, 1.54) is 12.1 Å². The second kappa shape index (κ2) is 8.53. The smallest absolute Gasteiger partial charge is 0.274 e. The lowest BCUT2D eigenvalue weighted by atomic mass is 9.98. The molecule has 1 aromatic heterocycles. The van der Waals surface area contributed by atoms with E-state index in [0.29, 0.717) is 11.3 Å². The molecule has 1 amide bonds. The van der Waals surface area contributed by atoms with E-state index in [0.717, 1.165) is 37.2 Å². The molecule has 4 rings (SSSR count). The van der Waals surface area contributed by atoms with Crippen molar-refractivity contribution >= 4 is 5.91 Å². The quantitative estimate of drug-likeness (QED) is 0.699. The predicted molar refractivity (Wildman–Crippen MR) is 108 cm³/mol. The number of halogens is 1. The topological polar surface area (TPSA) is 71.8 Å². The Balaban J connectivity index is 1.61. The normalized spacial score (nSPS) is 15.8. The van der Waals surface area contributed by atoms with E-state index < -0.39 is 6.04 Å². The van der Waals surface area contributed by atoms with Gasteiger partial charge in [0.05, 0.1) is 17.8 Å². The lowest BCUT2D eigenvalue weighted by Gasteiger charge is -2.23. The highest BCUT2D eigenvalue weighted by molar-refractivity contribution is 5.93. The molecule has 2 heterocycles. The van der Waals surface area contributed by atoms with Gasteiger partial charge in [-0.05, 0) is 56.1 Å². The molecule has 6 nitrogen and oxygen atoms in total. The van der Waals surface area contributed by atoms with Crippen LogP contribution in [0.4, 0.5) is 4.39 Å². The van der Waals surface area contributed by atoms with Crippen LogP contribution in [0.3, 0.4) is 0 Å². The van der Waals surface area contributed by atoms with E-state index in [-0.39, 0.29) is 17.8 Å². The highest BCUT2D eigenvalue weighted by atomic mass is 19.1. The minimum Gasteiger partial charge on any atom is -0.340 e. The van der Waals surface area contributed by atoms with Gasteiger partial charge in [0.1, 0.15) is 5.82 Å². The largest absolute Gasteiger partial charge is 0.340 e. The average molecular weight is 393 g/mol. The van der Waals surface area contributed by atoms with Crippen molar-refractivity contribution in [1.29, 1.82) is 0 Å². The van der Waals surface area contributed by atoms with Gasteiger partial charge in [-0.1, -0.05) is 47.7 Å². The molecule has 150 valence electrons. The first-order chi connectivity index (χ1) is 14.1. The third-order valence-electron chi connectivity index (χ3n) is 5.39. The second-order valence-electron chi connectivity index (χ2n) is 7.32. The number of piperidine rings is 1. The van der Waals surface area contributed by atoms with Crippen molar-refractivity contribution in [3.63, 3.8) is 0 Å². The summed E-state index contributed by atoms with van der Waals surface area (Å²) in [5, 5.41) is 14.7. The first-order valence-electron chi connectivity index (χ1n) is 9.87. The summed E-state index contributed by atoms with van der Waals surface area (Å²) in [7, 11) is 0. The molecular weight excluding hydrogens is 369 g/mol. The van der Waals surface area contributed by atoms with E-state index in [9.17, 15) is 9.18 Å². The second-order valence-corrected chi connectivity index (χ2v) is 7.32. The molecule has 2 aromatic carbocycles. The molecule has 0 aliphatic carbocycles. The highest BCUT2D eigenvalue weighted by Crippen LogP contribution is 2.24. The number of nitrogens with one attached hydrogen (secondary N) is 2. The average Bonchev–Trinajstić information content (AvgIpc) is 3.14. The first kappa shape index (κ1) is 19.3. The molecule has 1 fully saturated rings. The van der Waals surface area contributed by atoms with Crippen molar-refractivity contribution < 1.29 is 9.18 Å². The molecule has 7 heteroatoms. The summed E-state index contributed by atoms with van der Waals surface area (Å²) in [6, 6.07) is 15.6. The molecule has 1 atom stereocenters. The van der Waals surface area contributed by atoms with E-state index in [4.69, 9.17) is 0 Å². The molecule has 2 N–H and O–H groups in total. The number of nitrogens with zero attached hydrogens (tertiary/aromatic N) is 3. The number of carbonyl (C=O) groups is 1. The van der Waals surface area contributed by atoms with Crippen molar-refractivity contribution in [2.24, 2.45) is 0 Å². The maximum absolute atomic E-state index is 13.8. The Labute approximate surface area is 169 Å². The van der Waals surface area contributed by atoms with Crippen LogP contribution in [0.25, 0.3) is 0 Å². The molecule has 0 radical (unpaired) electrons. The van der Waals surface area contributed by atoms with Gasteiger partial charge >= 0.3 is 0 Å². The molecule has 1 saturated heterocycles. The number of carbonyl (C=O) groups excluding carboxylic acids is 1. The van der Waals surface area contributed by atoms with Crippen LogP contribution >= 0.6 is 0 Å². The maximum atomic E-state index is 13.8. The van der Waals surface area contributed by atoms with E-state index in [2.05, 4.69) is 20.9 Å². The summed E-state index contributed by atoms with van der Waals surface area (Å²) in [5.74, 6) is -0.661. The molecule has 29 heavy (non-hydrogen) atoms. The van der Waals surface area contributed by atoms with Crippen LogP contribution in [-0.2, 0) is 0 Å². The van der Waals surface area contributed by atoms with Crippen molar-refractivity contribution in [2.75, 3.05) is 13.1 Å². The fourth-order valence-electron chi connectivity index (χ4n) is 3.84. The summed E-state index contributed by atoms with van der Waals surface area (Å²) in [6.45, 7) is 3.74. The Morgan fingerprint density at radius 2 is 1.86 bits per heavy atom. The Kier molecular flexibility index (Phi) is 5.67. The minimum atomic E-state index is -0.483. The van der Waals surface area contributed by atoms with Gasteiger partial charge in [0, 0.05) is 0 Å². The number of hydrogen-bond acceptors (Lipinski definition) is 4. The van der Waals surface area contributed by atoms with Crippen LogP contribution in [0.2, 0.25) is 0 Å². The SMILES string of the molecule is Cc1c(C(=O)NC(c2ccccc2)c2cccc(F)c2)nnn1C1CCNCC1. The van der Waals surface area contributed by atoms with Crippen molar-refractivity contribution in [3.05, 3.63) is 82.9 Å². The molecule has 1 aliphatic rings. The fraction of sp³-hybridized carbons (Fsp3) is 0.318. The molecule has 3 aromatic rings. The molecule has 0 saturated carbocycles. The standard InChI is InChI=1S/C22H24FN5O/c1-15-20(26-27-28(15)19-10-12-24-13-11-19)22(29)25-21(16-6-3-2-4-7-16)17-8-5-9-18(23)14-17/h2-9,14,19,21,24H,10-13H2,1H3,(H,25,29). The summed E-state index contributed by atoms with van der Waals surface area (Å²) < 4.78 is 15.7. The number of hydrogen-bond donors (Lipinski definition) is 2. The van der Waals surface area contributed by atoms with Crippen LogP contribution in [0.1, 0.15) is 52.2 Å². The third kappa shape index (κ3) is 4.19. The third-order valence-corrected chi connectivity index (χ3v) is 5.39. The van der Waals surface area contributed by atoms with Gasteiger partial charge in [0.25, 0.3) is 5.91 Å². The van der Waals surface area contributed by atoms with E-state index >= 15 is 0 Å². The van der Waals surface area contributed by atoms with Crippen LogP contribution in [-0.4, -0.2) is 34.0 Å². The van der Waals surface area contributed by atoms with Gasteiger partial charge < -0.3 is 10.6 Å². The number of benzene rings is 2. The first-order valence-corrected chi connectivity index (χ1v) is 9.87. The summed E-state index contributed by atoms with van der Waals surface area (Å²) >= 11 is 0. The Bertz CT molecular complexity index is 982. The lowest BCUT2D eigenvalue weighted by Crippen LogP contribution is -2.31. The lowest BCUT2D eigenvalue weighted by molar-refractivity contribution is 0.0937. The fourth-order valence-corrected chi connectivity index (χ4v) is 3.84. The van der Waals surface area contributed by atoms with Crippen molar-refractivity contribution in [3.8, 4) is 0 Å². The van der Waals surface area contributed by atoms with Crippen LogP contribution in [0.15, 0.2) is 54.6 Å². The van der Waals surface area contributed by atoms with Gasteiger partial charge in [-0.3, -0.25) is 4.79 Å². The van der Waals surface area contributed by atoms with Gasteiger partial charge in [-0.25, -0.2) is 9.07 Å². The van der Waals surface area contributed by atoms with Gasteiger partial charge in [-0.15, -0.1) is 5.10 Å². The maximum Gasteiger partial charge on any atom is 0.274 e. The Morgan fingerprint density at radius 1 is 1.14 bits per heavy atom. The molecular formula is C22H24FN5O. The van der Waals surface area contributed by atoms with Gasteiger partial charge in [-0.2, -0.15) is 0 Å². The Hall–Kier alpha value is -3.06. The number of rotatable bonds is 5. The molecule has 1 aliphatic heterocycles. The summed E-state index contributed by atoms with van der Waals surface area (Å²) in [5.41, 5.74) is 2.60. The van der Waals surface area contributed by atoms with Gasteiger partial charge in [0.2, 0.25) is 0 Å². The molecule has 0 bridgehead atoms. The van der Waals surface area contributed by atoms with Crippen LogP contribution in [0.5, 0.6) is 0 Å². The highest BCUT2D eigenvalue weighted by Gasteiger charge is 2.25. The summed E-state index contributed by atoms with van der Waals surface area (Å²) in [4.78, 5) is 13.1. The number of aromatic nitrogens is 3. The van der Waals surface area contributed by atoms with Crippen LogP contribution in [0, 0.1) is 12.7 Å². The van der Waals surface area contributed by atoms with E-state index in [1.807, 2.05) is 41.9 Å². The Morgan fingerprint density at radius 3 is 2.59 bits per heavy atom.